The predicted molar refractivity (Wildman–Crippen MR) is 67.1 cm³/mol. The molecule has 0 spiro atoms. The third kappa shape index (κ3) is 2.86. The van der Waals surface area contributed by atoms with Gasteiger partial charge in [-0.15, -0.1) is 0 Å². The standard InChI is InChI=1S/C14H19NO2/c1-10-6-3-4-7-12(10)14(16)15-11(2)13-8-5-9-17-13/h3-4,6-7,11,13H,5,8-9H2,1-2H3,(H,15,16)/t11-,13-/m1/s1. The van der Waals surface area contributed by atoms with E-state index in [0.717, 1.165) is 30.6 Å². The molecule has 3 heteroatoms. The van der Waals surface area contributed by atoms with Gasteiger partial charge in [0.15, 0.2) is 0 Å². The lowest BCUT2D eigenvalue weighted by Gasteiger charge is -2.20. The van der Waals surface area contributed by atoms with Crippen LogP contribution < -0.4 is 5.32 Å². The highest BCUT2D eigenvalue weighted by Crippen LogP contribution is 2.16. The molecule has 1 fully saturated rings. The number of benzene rings is 1. The summed E-state index contributed by atoms with van der Waals surface area (Å²) in [5.41, 5.74) is 1.75. The van der Waals surface area contributed by atoms with E-state index in [4.69, 9.17) is 4.74 Å². The maximum absolute atomic E-state index is 12.1. The summed E-state index contributed by atoms with van der Waals surface area (Å²) in [5, 5.41) is 3.02. The van der Waals surface area contributed by atoms with Crippen LogP contribution in [-0.4, -0.2) is 24.7 Å². The minimum atomic E-state index is -0.00824. The first-order valence-corrected chi connectivity index (χ1v) is 6.16. The highest BCUT2D eigenvalue weighted by molar-refractivity contribution is 5.95. The van der Waals surface area contributed by atoms with Crippen LogP contribution in [0.4, 0.5) is 0 Å². The van der Waals surface area contributed by atoms with E-state index in [1.165, 1.54) is 0 Å². The zero-order valence-corrected chi connectivity index (χ0v) is 10.4. The summed E-state index contributed by atoms with van der Waals surface area (Å²) in [6, 6.07) is 7.71. The van der Waals surface area contributed by atoms with Crippen LogP contribution in [0.15, 0.2) is 24.3 Å². The number of rotatable bonds is 3. The molecule has 0 saturated carbocycles. The number of hydrogen-bond donors (Lipinski definition) is 1. The van der Waals surface area contributed by atoms with Gasteiger partial charge < -0.3 is 10.1 Å². The van der Waals surface area contributed by atoms with Crippen LogP contribution in [0, 0.1) is 6.92 Å². The Morgan fingerprint density at radius 3 is 2.88 bits per heavy atom. The summed E-state index contributed by atoms with van der Waals surface area (Å²) in [4.78, 5) is 12.1. The summed E-state index contributed by atoms with van der Waals surface area (Å²) in [6.07, 6.45) is 2.30. The van der Waals surface area contributed by atoms with Gasteiger partial charge in [-0.1, -0.05) is 18.2 Å². The SMILES string of the molecule is Cc1ccccc1C(=O)N[C@H](C)[C@H]1CCCO1. The molecule has 0 bridgehead atoms. The van der Waals surface area contributed by atoms with Gasteiger partial charge in [0.2, 0.25) is 0 Å². The van der Waals surface area contributed by atoms with Crippen LogP contribution in [-0.2, 0) is 4.74 Å². The van der Waals surface area contributed by atoms with Crippen molar-refractivity contribution in [1.82, 2.24) is 5.32 Å². The maximum atomic E-state index is 12.1. The van der Waals surface area contributed by atoms with E-state index in [-0.39, 0.29) is 18.1 Å². The molecule has 1 N–H and O–H groups in total. The van der Waals surface area contributed by atoms with E-state index < -0.39 is 0 Å². The van der Waals surface area contributed by atoms with E-state index in [0.29, 0.717) is 0 Å². The Hall–Kier alpha value is -1.35. The molecule has 1 aromatic rings. The Balaban J connectivity index is 1.99. The number of carbonyl (C=O) groups excluding carboxylic acids is 1. The lowest BCUT2D eigenvalue weighted by atomic mass is 10.1. The van der Waals surface area contributed by atoms with Gasteiger partial charge in [0, 0.05) is 12.2 Å². The summed E-state index contributed by atoms with van der Waals surface area (Å²) in [7, 11) is 0. The van der Waals surface area contributed by atoms with Crippen molar-refractivity contribution >= 4 is 5.91 Å². The minimum Gasteiger partial charge on any atom is -0.376 e. The van der Waals surface area contributed by atoms with Gasteiger partial charge in [0.1, 0.15) is 0 Å². The van der Waals surface area contributed by atoms with Crippen molar-refractivity contribution in [1.29, 1.82) is 0 Å². The predicted octanol–water partition coefficient (Wildman–Crippen LogP) is 2.29. The average Bonchev–Trinajstić information content (AvgIpc) is 2.82. The number of ether oxygens (including phenoxy) is 1. The molecule has 3 nitrogen and oxygen atoms in total. The molecule has 0 aliphatic carbocycles. The Labute approximate surface area is 102 Å². The largest absolute Gasteiger partial charge is 0.376 e. The van der Waals surface area contributed by atoms with Crippen LogP contribution in [0.2, 0.25) is 0 Å². The first kappa shape index (κ1) is 12.1. The van der Waals surface area contributed by atoms with E-state index >= 15 is 0 Å². The molecule has 0 radical (unpaired) electrons. The Kier molecular flexibility index (Phi) is 3.79. The lowest BCUT2D eigenvalue weighted by Crippen LogP contribution is -2.41. The van der Waals surface area contributed by atoms with Crippen LogP contribution in [0.3, 0.4) is 0 Å². The van der Waals surface area contributed by atoms with Crippen molar-refractivity contribution in [2.75, 3.05) is 6.61 Å². The highest BCUT2D eigenvalue weighted by atomic mass is 16.5. The fraction of sp³-hybridized carbons (Fsp3) is 0.500. The molecule has 0 aromatic heterocycles. The molecule has 17 heavy (non-hydrogen) atoms. The van der Waals surface area contributed by atoms with Crippen LogP contribution >= 0.6 is 0 Å². The molecule has 1 heterocycles. The van der Waals surface area contributed by atoms with Crippen molar-refractivity contribution in [3.05, 3.63) is 35.4 Å². The number of nitrogens with one attached hydrogen (secondary N) is 1. The second kappa shape index (κ2) is 5.32. The molecule has 92 valence electrons. The van der Waals surface area contributed by atoms with Crippen LogP contribution in [0.1, 0.15) is 35.7 Å². The quantitative estimate of drug-likeness (QED) is 0.870. The monoisotopic (exact) mass is 233 g/mol. The molecule has 0 unspecified atom stereocenters. The molecular formula is C14H19NO2. The van der Waals surface area contributed by atoms with Gasteiger partial charge in [-0.2, -0.15) is 0 Å². The van der Waals surface area contributed by atoms with Crippen molar-refractivity contribution in [2.45, 2.75) is 38.8 Å². The summed E-state index contributed by atoms with van der Waals surface area (Å²) in [5.74, 6) is -0.00824. The zero-order valence-electron chi connectivity index (χ0n) is 10.4. The van der Waals surface area contributed by atoms with Crippen molar-refractivity contribution in [3.63, 3.8) is 0 Å². The van der Waals surface area contributed by atoms with E-state index in [1.807, 2.05) is 38.1 Å². The molecule has 1 aliphatic heterocycles. The first-order chi connectivity index (χ1) is 8.18. The zero-order chi connectivity index (χ0) is 12.3. The van der Waals surface area contributed by atoms with Crippen molar-refractivity contribution < 1.29 is 9.53 Å². The fourth-order valence-corrected chi connectivity index (χ4v) is 2.20. The van der Waals surface area contributed by atoms with Crippen LogP contribution in [0.25, 0.3) is 0 Å². The van der Waals surface area contributed by atoms with Gasteiger partial charge >= 0.3 is 0 Å². The van der Waals surface area contributed by atoms with E-state index in [1.54, 1.807) is 0 Å². The van der Waals surface area contributed by atoms with E-state index in [2.05, 4.69) is 5.32 Å². The summed E-state index contributed by atoms with van der Waals surface area (Å²) < 4.78 is 5.57. The smallest absolute Gasteiger partial charge is 0.251 e. The Bertz CT molecular complexity index is 397. The topological polar surface area (TPSA) is 38.3 Å². The molecule has 1 aromatic carbocycles. The number of carbonyl (C=O) groups is 1. The number of amides is 1. The van der Waals surface area contributed by atoms with Gasteiger partial charge in [0.05, 0.1) is 12.1 Å². The molecule has 2 rings (SSSR count). The van der Waals surface area contributed by atoms with Crippen LogP contribution in [0.5, 0.6) is 0 Å². The number of hydrogen-bond acceptors (Lipinski definition) is 2. The van der Waals surface area contributed by atoms with Gasteiger partial charge in [-0.3, -0.25) is 4.79 Å². The Morgan fingerprint density at radius 1 is 1.47 bits per heavy atom. The van der Waals surface area contributed by atoms with Gasteiger partial charge in [-0.05, 0) is 38.3 Å². The van der Waals surface area contributed by atoms with Gasteiger partial charge in [-0.25, -0.2) is 0 Å². The third-order valence-electron chi connectivity index (χ3n) is 3.27. The summed E-state index contributed by atoms with van der Waals surface area (Å²) >= 11 is 0. The number of aryl methyl sites for hydroxylation is 1. The average molecular weight is 233 g/mol. The molecule has 1 aliphatic rings. The van der Waals surface area contributed by atoms with Crippen molar-refractivity contribution in [3.8, 4) is 0 Å². The first-order valence-electron chi connectivity index (χ1n) is 6.16. The normalized spacial score (nSPS) is 21.2. The minimum absolute atomic E-state index is 0.00824. The fourth-order valence-electron chi connectivity index (χ4n) is 2.20. The summed E-state index contributed by atoms with van der Waals surface area (Å²) in [6.45, 7) is 4.77. The third-order valence-corrected chi connectivity index (χ3v) is 3.27. The van der Waals surface area contributed by atoms with Gasteiger partial charge in [0.25, 0.3) is 5.91 Å². The second-order valence-corrected chi connectivity index (χ2v) is 4.63. The van der Waals surface area contributed by atoms with E-state index in [9.17, 15) is 4.79 Å². The molecule has 1 saturated heterocycles. The Morgan fingerprint density at radius 2 is 2.24 bits per heavy atom. The van der Waals surface area contributed by atoms with Crippen molar-refractivity contribution in [2.24, 2.45) is 0 Å². The lowest BCUT2D eigenvalue weighted by molar-refractivity contribution is 0.0712. The second-order valence-electron chi connectivity index (χ2n) is 4.63. The maximum Gasteiger partial charge on any atom is 0.251 e. The molecule has 2 atom stereocenters. The molecule has 1 amide bonds. The molecular weight excluding hydrogens is 214 g/mol. The highest BCUT2D eigenvalue weighted by Gasteiger charge is 2.24.